The Kier molecular flexibility index (Phi) is 39.6. The monoisotopic (exact) mass is 861 g/mol. The summed E-state index contributed by atoms with van der Waals surface area (Å²) in [6.45, 7) is 4.25. The van der Waals surface area contributed by atoms with Crippen LogP contribution in [0, 0.1) is 0 Å². The van der Waals surface area contributed by atoms with Gasteiger partial charge in [-0.1, -0.05) is 163 Å². The Hall–Kier alpha value is -2.81. The van der Waals surface area contributed by atoms with E-state index in [0.29, 0.717) is 23.9 Å². The van der Waals surface area contributed by atoms with Gasteiger partial charge in [0.15, 0.2) is 6.10 Å². The SMILES string of the molecule is CCCCC/C=C/C/C=C/C/C=C/C/C=C/C/C=C/CCC(=O)OC[C@H](COP(=O)(O)OCC[N+](C)(C)C)OC(=O)CCC/C=C/C/C=C/CCCCCCCCCCC. The van der Waals surface area contributed by atoms with Crippen LogP contribution >= 0.6 is 7.82 Å². The van der Waals surface area contributed by atoms with E-state index in [9.17, 15) is 19.0 Å². The summed E-state index contributed by atoms with van der Waals surface area (Å²) >= 11 is 0. The molecule has 0 aliphatic carbocycles. The number of phosphoric ester groups is 1. The summed E-state index contributed by atoms with van der Waals surface area (Å²) in [6, 6.07) is 0. The predicted molar refractivity (Wildman–Crippen MR) is 252 cm³/mol. The fourth-order valence-electron chi connectivity index (χ4n) is 5.74. The molecule has 0 saturated heterocycles. The second-order valence-electron chi connectivity index (χ2n) is 16.4. The van der Waals surface area contributed by atoms with Gasteiger partial charge < -0.3 is 18.9 Å². The molecule has 0 heterocycles. The van der Waals surface area contributed by atoms with Gasteiger partial charge in [-0.3, -0.25) is 18.6 Å². The van der Waals surface area contributed by atoms with E-state index >= 15 is 0 Å². The number of likely N-dealkylation sites (N-methyl/N-ethyl adjacent to an activating group) is 1. The Balaban J connectivity index is 4.53. The zero-order chi connectivity index (χ0) is 44.3. The standard InChI is InChI=1S/C50H86NO8P/c1-6-8-10-12-14-16-18-20-22-24-25-27-28-30-32-34-36-38-40-42-49(52)56-46-48(47-58-60(54,55)57-45-44-51(3,4)5)59-50(53)43-41-39-37-35-33-31-29-26-23-21-19-17-15-13-11-9-7-2/h14,16,20,22,25,27,29-32,35-38,48H,6-13,15,17-19,21,23-24,26,28,33-34,39-47H2,1-5H3/p+1/b16-14+,22-20+,27-25+,31-29+,32-30+,37-35+,38-36+/t48-/m1/s1. The molecule has 10 heteroatoms. The minimum absolute atomic E-state index is 0.00919. The molecule has 0 saturated carbocycles. The lowest BCUT2D eigenvalue weighted by atomic mass is 10.1. The number of hydrogen-bond donors (Lipinski definition) is 1. The van der Waals surface area contributed by atoms with Gasteiger partial charge in [0.25, 0.3) is 0 Å². The number of phosphoric acid groups is 1. The first-order valence-electron chi connectivity index (χ1n) is 23.3. The minimum Gasteiger partial charge on any atom is -0.462 e. The summed E-state index contributed by atoms with van der Waals surface area (Å²) in [5, 5.41) is 0. The van der Waals surface area contributed by atoms with Crippen LogP contribution in [-0.4, -0.2) is 74.9 Å². The van der Waals surface area contributed by atoms with Crippen molar-refractivity contribution >= 4 is 19.8 Å². The maximum atomic E-state index is 12.7. The number of carbonyl (C=O) groups excluding carboxylic acids is 2. The zero-order valence-electron chi connectivity index (χ0n) is 38.7. The van der Waals surface area contributed by atoms with E-state index in [0.717, 1.165) is 44.9 Å². The van der Waals surface area contributed by atoms with Crippen molar-refractivity contribution in [2.75, 3.05) is 47.5 Å². The van der Waals surface area contributed by atoms with Crippen LogP contribution in [0.15, 0.2) is 85.1 Å². The molecule has 0 rings (SSSR count). The molecule has 0 aliphatic heterocycles. The molecule has 60 heavy (non-hydrogen) atoms. The van der Waals surface area contributed by atoms with Gasteiger partial charge in [-0.05, 0) is 77.0 Å². The summed E-state index contributed by atoms with van der Waals surface area (Å²) in [5.41, 5.74) is 0. The molecule has 9 nitrogen and oxygen atoms in total. The van der Waals surface area contributed by atoms with Crippen LogP contribution in [0.2, 0.25) is 0 Å². The van der Waals surface area contributed by atoms with Crippen LogP contribution in [0.4, 0.5) is 0 Å². The van der Waals surface area contributed by atoms with Crippen LogP contribution in [-0.2, 0) is 32.7 Å². The number of quaternary nitrogens is 1. The molecule has 0 radical (unpaired) electrons. The van der Waals surface area contributed by atoms with E-state index in [1.807, 2.05) is 33.3 Å². The number of esters is 2. The lowest BCUT2D eigenvalue weighted by Gasteiger charge is -2.24. The van der Waals surface area contributed by atoms with Crippen molar-refractivity contribution in [2.24, 2.45) is 0 Å². The van der Waals surface area contributed by atoms with Gasteiger partial charge in [0, 0.05) is 12.8 Å². The zero-order valence-corrected chi connectivity index (χ0v) is 39.6. The Bertz CT molecular complexity index is 1290. The molecular formula is C50H87NO8P+. The predicted octanol–water partition coefficient (Wildman–Crippen LogP) is 13.6. The summed E-state index contributed by atoms with van der Waals surface area (Å²) in [6.07, 6.45) is 53.7. The van der Waals surface area contributed by atoms with E-state index in [2.05, 4.69) is 86.8 Å². The first-order chi connectivity index (χ1) is 29.0. The van der Waals surface area contributed by atoms with Crippen LogP contribution in [0.1, 0.15) is 168 Å². The van der Waals surface area contributed by atoms with E-state index in [-0.39, 0.29) is 26.1 Å². The van der Waals surface area contributed by atoms with Crippen molar-refractivity contribution in [3.8, 4) is 0 Å². The highest BCUT2D eigenvalue weighted by Crippen LogP contribution is 2.43. The molecule has 2 atom stereocenters. The van der Waals surface area contributed by atoms with Crippen molar-refractivity contribution in [1.29, 1.82) is 0 Å². The lowest BCUT2D eigenvalue weighted by molar-refractivity contribution is -0.870. The molecule has 344 valence electrons. The van der Waals surface area contributed by atoms with Crippen molar-refractivity contribution in [3.05, 3.63) is 85.1 Å². The van der Waals surface area contributed by atoms with Crippen molar-refractivity contribution in [1.82, 2.24) is 0 Å². The first-order valence-corrected chi connectivity index (χ1v) is 24.8. The van der Waals surface area contributed by atoms with Gasteiger partial charge in [-0.15, -0.1) is 0 Å². The number of nitrogens with zero attached hydrogens (tertiary/aromatic N) is 1. The molecule has 0 spiro atoms. The summed E-state index contributed by atoms with van der Waals surface area (Å²) < 4.78 is 34.2. The Labute approximate surface area is 367 Å². The number of hydrogen-bond acceptors (Lipinski definition) is 7. The Morgan fingerprint density at radius 1 is 0.517 bits per heavy atom. The fraction of sp³-hybridized carbons (Fsp3) is 0.680. The average molecular weight is 861 g/mol. The van der Waals surface area contributed by atoms with Gasteiger partial charge in [0.05, 0.1) is 27.7 Å². The highest BCUT2D eigenvalue weighted by molar-refractivity contribution is 7.47. The van der Waals surface area contributed by atoms with Gasteiger partial charge >= 0.3 is 19.8 Å². The number of rotatable bonds is 41. The largest absolute Gasteiger partial charge is 0.472 e. The van der Waals surface area contributed by atoms with Gasteiger partial charge in [-0.25, -0.2) is 4.57 Å². The molecule has 0 bridgehead atoms. The molecule has 0 aromatic heterocycles. The first kappa shape index (κ1) is 57.2. The fourth-order valence-corrected chi connectivity index (χ4v) is 6.48. The van der Waals surface area contributed by atoms with E-state index in [4.69, 9.17) is 18.5 Å². The molecule has 0 aliphatic rings. The van der Waals surface area contributed by atoms with Crippen LogP contribution in [0.25, 0.3) is 0 Å². The third kappa shape index (κ3) is 44.7. The number of carbonyl (C=O) groups is 2. The number of unbranched alkanes of at least 4 members (excludes halogenated alkanes) is 13. The maximum absolute atomic E-state index is 12.7. The third-order valence-corrected chi connectivity index (χ3v) is 10.4. The molecule has 0 fully saturated rings. The topological polar surface area (TPSA) is 108 Å². The number of allylic oxidation sites excluding steroid dienone is 14. The Morgan fingerprint density at radius 2 is 0.933 bits per heavy atom. The molecule has 0 aromatic carbocycles. The molecule has 0 aromatic rings. The highest BCUT2D eigenvalue weighted by Gasteiger charge is 2.27. The average Bonchev–Trinajstić information content (AvgIpc) is 3.20. The van der Waals surface area contributed by atoms with E-state index < -0.39 is 32.5 Å². The van der Waals surface area contributed by atoms with Crippen LogP contribution < -0.4 is 0 Å². The molecule has 0 amide bonds. The number of ether oxygens (including phenoxy) is 2. The lowest BCUT2D eigenvalue weighted by Crippen LogP contribution is -2.37. The normalized spacial score (nSPS) is 14.3. The summed E-state index contributed by atoms with van der Waals surface area (Å²) in [7, 11) is 1.40. The summed E-state index contributed by atoms with van der Waals surface area (Å²) in [4.78, 5) is 35.4. The van der Waals surface area contributed by atoms with E-state index in [1.54, 1.807) is 0 Å². The minimum atomic E-state index is -4.41. The summed E-state index contributed by atoms with van der Waals surface area (Å²) in [5.74, 6) is -0.954. The molecular weight excluding hydrogens is 774 g/mol. The van der Waals surface area contributed by atoms with Gasteiger partial charge in [0.2, 0.25) is 0 Å². The smallest absolute Gasteiger partial charge is 0.462 e. The molecule has 1 N–H and O–H groups in total. The van der Waals surface area contributed by atoms with Crippen molar-refractivity contribution < 1.29 is 42.1 Å². The van der Waals surface area contributed by atoms with Gasteiger partial charge in [-0.2, -0.15) is 0 Å². The van der Waals surface area contributed by atoms with Gasteiger partial charge in [0.1, 0.15) is 19.8 Å². The third-order valence-electron chi connectivity index (χ3n) is 9.41. The Morgan fingerprint density at radius 3 is 1.43 bits per heavy atom. The van der Waals surface area contributed by atoms with Crippen LogP contribution in [0.3, 0.4) is 0 Å². The van der Waals surface area contributed by atoms with Crippen LogP contribution in [0.5, 0.6) is 0 Å². The van der Waals surface area contributed by atoms with Crippen molar-refractivity contribution in [2.45, 2.75) is 174 Å². The molecule has 1 unspecified atom stereocenters. The second-order valence-corrected chi connectivity index (χ2v) is 17.9. The highest BCUT2D eigenvalue weighted by atomic mass is 31.2. The van der Waals surface area contributed by atoms with E-state index in [1.165, 1.54) is 83.5 Å². The quantitative estimate of drug-likeness (QED) is 0.0213. The van der Waals surface area contributed by atoms with Crippen molar-refractivity contribution in [3.63, 3.8) is 0 Å². The second kappa shape index (κ2) is 41.5. The maximum Gasteiger partial charge on any atom is 0.472 e.